The fourth-order valence-electron chi connectivity index (χ4n) is 3.85. The van der Waals surface area contributed by atoms with Crippen molar-refractivity contribution in [2.45, 2.75) is 23.6 Å². The normalized spacial score (nSPS) is 12.4. The quantitative estimate of drug-likeness (QED) is 0.0893. The van der Waals surface area contributed by atoms with Crippen molar-refractivity contribution in [3.05, 3.63) is 96.1 Å². The molecule has 44 heavy (non-hydrogen) atoms. The minimum atomic E-state index is -4.71. The molecule has 0 atom stereocenters. The Morgan fingerprint density at radius 2 is 0.864 bits per heavy atom. The van der Waals surface area contributed by atoms with Crippen molar-refractivity contribution in [3.8, 4) is 11.5 Å². The van der Waals surface area contributed by atoms with Crippen LogP contribution in [0.15, 0.2) is 115 Å². The Morgan fingerprint density at radius 1 is 0.545 bits per heavy atom. The average molecular weight is 637 g/mol. The van der Waals surface area contributed by atoms with Crippen LogP contribution in [0.2, 0.25) is 0 Å². The van der Waals surface area contributed by atoms with Crippen molar-refractivity contribution in [2.24, 2.45) is 20.5 Å². The maximum atomic E-state index is 12.2. The fourth-order valence-corrected chi connectivity index (χ4v) is 5.26. The predicted molar refractivity (Wildman–Crippen MR) is 165 cm³/mol. The monoisotopic (exact) mass is 636 g/mol. The van der Waals surface area contributed by atoms with Crippen LogP contribution in [0.1, 0.15) is 25.0 Å². The molecule has 14 heteroatoms. The molecular weight excluding hydrogens is 608 g/mol. The number of hydrogen-bond donors (Lipinski definition) is 2. The molecular formula is C30H28N4O8S2. The summed E-state index contributed by atoms with van der Waals surface area (Å²) < 4.78 is 79.2. The lowest BCUT2D eigenvalue weighted by Gasteiger charge is -2.06. The summed E-state index contributed by atoms with van der Waals surface area (Å²) in [5.41, 5.74) is 1.34. The summed E-state index contributed by atoms with van der Waals surface area (Å²) in [6, 6.07) is 21.5. The number of benzene rings is 4. The molecule has 0 heterocycles. The first-order valence-electron chi connectivity index (χ1n) is 13.2. The van der Waals surface area contributed by atoms with Crippen LogP contribution in [0.3, 0.4) is 0 Å². The molecule has 0 saturated heterocycles. The summed E-state index contributed by atoms with van der Waals surface area (Å²) in [6.45, 7) is 4.75. The van der Waals surface area contributed by atoms with E-state index in [1.807, 2.05) is 13.8 Å². The van der Waals surface area contributed by atoms with Gasteiger partial charge in [-0.05, 0) is 97.8 Å². The molecule has 4 aromatic carbocycles. The summed E-state index contributed by atoms with van der Waals surface area (Å²) in [7, 11) is -9.43. The minimum absolute atomic E-state index is 0.0352. The van der Waals surface area contributed by atoms with Crippen molar-refractivity contribution in [2.75, 3.05) is 13.2 Å². The van der Waals surface area contributed by atoms with Crippen LogP contribution >= 0.6 is 0 Å². The Bertz CT molecular complexity index is 1780. The summed E-state index contributed by atoms with van der Waals surface area (Å²) >= 11 is 0. The standard InChI is InChI=1S/C30H28N4O8S2/c1-3-41-27-15-11-23(12-16-27)31-33-25-9-7-21(29(19-25)43(35,36)37)5-6-22-8-10-26(20-30(22)44(38,39)40)34-32-24-13-17-28(18-14-24)42-4-2/h5-20H,3-4H2,1-2H3,(H,35,36,37)(H,38,39,40)/b6-5?,33-31+,34-32+. The van der Waals surface area contributed by atoms with E-state index < -0.39 is 30.0 Å². The van der Waals surface area contributed by atoms with E-state index in [0.717, 1.165) is 12.1 Å². The second kappa shape index (κ2) is 14.1. The van der Waals surface area contributed by atoms with Crippen molar-refractivity contribution in [3.63, 3.8) is 0 Å². The molecule has 12 nitrogen and oxygen atoms in total. The molecule has 0 fully saturated rings. The second-order valence-corrected chi connectivity index (χ2v) is 11.8. The summed E-state index contributed by atoms with van der Waals surface area (Å²) in [5, 5.41) is 16.2. The zero-order valence-electron chi connectivity index (χ0n) is 23.6. The van der Waals surface area contributed by atoms with Crippen molar-refractivity contribution >= 4 is 55.1 Å². The highest BCUT2D eigenvalue weighted by Crippen LogP contribution is 2.30. The maximum absolute atomic E-state index is 12.2. The van der Waals surface area contributed by atoms with Gasteiger partial charge in [0.25, 0.3) is 20.2 Å². The minimum Gasteiger partial charge on any atom is -0.494 e. The molecule has 0 spiro atoms. The lowest BCUT2D eigenvalue weighted by atomic mass is 10.1. The first kappa shape index (κ1) is 32.2. The SMILES string of the molecule is CCOc1ccc(/N=N/c2ccc(C=Cc3ccc(/N=N/c4ccc(OCC)cc4)cc3S(=O)(=O)O)c(S(=O)(=O)O)c2)cc1. The van der Waals surface area contributed by atoms with Crippen LogP contribution in [-0.2, 0) is 20.2 Å². The maximum Gasteiger partial charge on any atom is 0.295 e. The summed E-state index contributed by atoms with van der Waals surface area (Å²) in [4.78, 5) is -0.961. The van der Waals surface area contributed by atoms with Crippen LogP contribution in [0.25, 0.3) is 12.2 Å². The van der Waals surface area contributed by atoms with E-state index in [1.54, 1.807) is 48.5 Å². The molecule has 4 aromatic rings. The van der Waals surface area contributed by atoms with Gasteiger partial charge in [-0.3, -0.25) is 9.11 Å². The highest BCUT2D eigenvalue weighted by Gasteiger charge is 2.17. The van der Waals surface area contributed by atoms with Crippen LogP contribution in [-0.4, -0.2) is 39.2 Å². The van der Waals surface area contributed by atoms with Gasteiger partial charge in [-0.15, -0.1) is 0 Å². The number of hydrogen-bond acceptors (Lipinski definition) is 10. The molecule has 0 radical (unpaired) electrons. The molecule has 0 aromatic heterocycles. The Labute approximate surface area is 254 Å². The van der Waals surface area contributed by atoms with Gasteiger partial charge in [-0.1, -0.05) is 24.3 Å². The van der Waals surface area contributed by atoms with Gasteiger partial charge in [0.05, 0.1) is 36.0 Å². The highest BCUT2D eigenvalue weighted by molar-refractivity contribution is 7.86. The largest absolute Gasteiger partial charge is 0.494 e. The predicted octanol–water partition coefficient (Wildman–Crippen LogP) is 7.98. The van der Waals surface area contributed by atoms with Crippen molar-refractivity contribution in [1.82, 2.24) is 0 Å². The van der Waals surface area contributed by atoms with Crippen LogP contribution in [0.5, 0.6) is 11.5 Å². The first-order chi connectivity index (χ1) is 21.0. The van der Waals surface area contributed by atoms with Gasteiger partial charge >= 0.3 is 0 Å². The van der Waals surface area contributed by atoms with E-state index in [0.29, 0.717) is 36.1 Å². The number of ether oxygens (including phenoxy) is 2. The Balaban J connectivity index is 1.60. The van der Waals surface area contributed by atoms with E-state index in [9.17, 15) is 25.9 Å². The molecule has 0 bridgehead atoms. The van der Waals surface area contributed by atoms with E-state index in [-0.39, 0.29) is 22.5 Å². The van der Waals surface area contributed by atoms with Gasteiger partial charge in [0.2, 0.25) is 0 Å². The van der Waals surface area contributed by atoms with Gasteiger partial charge in [-0.2, -0.15) is 37.3 Å². The van der Waals surface area contributed by atoms with E-state index in [2.05, 4.69) is 20.5 Å². The third-order valence-corrected chi connectivity index (χ3v) is 7.67. The van der Waals surface area contributed by atoms with Crippen LogP contribution < -0.4 is 9.47 Å². The number of nitrogens with zero attached hydrogens (tertiary/aromatic N) is 4. The molecule has 0 aliphatic heterocycles. The fraction of sp³-hybridized carbons (Fsp3) is 0.133. The lowest BCUT2D eigenvalue weighted by Crippen LogP contribution is -2.01. The summed E-state index contributed by atoms with van der Waals surface area (Å²) in [5.74, 6) is 1.33. The highest BCUT2D eigenvalue weighted by atomic mass is 32.2. The Morgan fingerprint density at radius 3 is 1.18 bits per heavy atom. The number of rotatable bonds is 12. The van der Waals surface area contributed by atoms with Gasteiger partial charge in [-0.25, -0.2) is 0 Å². The van der Waals surface area contributed by atoms with Gasteiger partial charge < -0.3 is 9.47 Å². The zero-order valence-corrected chi connectivity index (χ0v) is 25.2. The smallest absolute Gasteiger partial charge is 0.295 e. The Hall–Kier alpha value is -4.76. The lowest BCUT2D eigenvalue weighted by molar-refractivity contribution is 0.340. The molecule has 0 aliphatic carbocycles. The van der Waals surface area contributed by atoms with E-state index in [4.69, 9.17) is 9.47 Å². The molecule has 0 aliphatic rings. The third kappa shape index (κ3) is 8.87. The van der Waals surface area contributed by atoms with Crippen LogP contribution in [0, 0.1) is 0 Å². The Kier molecular flexibility index (Phi) is 10.3. The number of azo groups is 2. The molecule has 2 N–H and O–H groups in total. The van der Waals surface area contributed by atoms with E-state index >= 15 is 0 Å². The first-order valence-corrected chi connectivity index (χ1v) is 16.0. The average Bonchev–Trinajstić information content (AvgIpc) is 2.99. The van der Waals surface area contributed by atoms with Crippen LogP contribution in [0.4, 0.5) is 22.7 Å². The molecule has 0 unspecified atom stereocenters. The van der Waals surface area contributed by atoms with Gasteiger partial charge in [0.15, 0.2) is 0 Å². The van der Waals surface area contributed by atoms with Crippen molar-refractivity contribution in [1.29, 1.82) is 0 Å². The van der Waals surface area contributed by atoms with E-state index in [1.165, 1.54) is 36.4 Å². The third-order valence-electron chi connectivity index (χ3n) is 5.85. The molecule has 228 valence electrons. The second-order valence-electron chi connectivity index (χ2n) is 8.98. The van der Waals surface area contributed by atoms with Gasteiger partial charge in [0.1, 0.15) is 21.3 Å². The van der Waals surface area contributed by atoms with Gasteiger partial charge in [0, 0.05) is 0 Å². The van der Waals surface area contributed by atoms with Crippen molar-refractivity contribution < 1.29 is 35.4 Å². The molecule has 4 rings (SSSR count). The molecule has 0 amide bonds. The molecule has 0 saturated carbocycles. The topological polar surface area (TPSA) is 177 Å². The summed E-state index contributed by atoms with van der Waals surface area (Å²) in [6.07, 6.45) is 2.56. The zero-order chi connectivity index (χ0) is 31.7.